The highest BCUT2D eigenvalue weighted by Gasteiger charge is 2.11. The van der Waals surface area contributed by atoms with Crippen LogP contribution >= 0.6 is 0 Å². The molecule has 0 aliphatic heterocycles. The van der Waals surface area contributed by atoms with Crippen molar-refractivity contribution in [2.24, 2.45) is 5.10 Å². The van der Waals surface area contributed by atoms with Crippen LogP contribution in [0.15, 0.2) is 59.7 Å². The van der Waals surface area contributed by atoms with E-state index >= 15 is 0 Å². The van der Waals surface area contributed by atoms with E-state index in [1.165, 1.54) is 0 Å². The molecule has 168 valence electrons. The van der Waals surface area contributed by atoms with Crippen LogP contribution in [0.5, 0.6) is 5.75 Å². The van der Waals surface area contributed by atoms with Crippen molar-refractivity contribution < 1.29 is 14.3 Å². The molecule has 0 aliphatic carbocycles. The van der Waals surface area contributed by atoms with Gasteiger partial charge in [0.1, 0.15) is 17.4 Å². The predicted octanol–water partition coefficient (Wildman–Crippen LogP) is 4.18. The molecule has 0 bridgehead atoms. The molecule has 8 heteroatoms. The Morgan fingerprint density at radius 3 is 2.67 bits per heavy atom. The zero-order chi connectivity index (χ0) is 23.6. The van der Waals surface area contributed by atoms with Crippen LogP contribution in [0, 0.1) is 25.2 Å². The van der Waals surface area contributed by atoms with Gasteiger partial charge in [-0.2, -0.15) is 10.4 Å². The second kappa shape index (κ2) is 11.4. The molecule has 1 heterocycles. The summed E-state index contributed by atoms with van der Waals surface area (Å²) in [6.45, 7) is 4.03. The first-order chi connectivity index (χ1) is 16.0. The van der Waals surface area contributed by atoms with Crippen molar-refractivity contribution >= 4 is 23.6 Å². The molecule has 0 aliphatic rings. The summed E-state index contributed by atoms with van der Waals surface area (Å²) >= 11 is 0. The number of hydrogen-bond donors (Lipinski definition) is 2. The molecule has 0 spiro atoms. The van der Waals surface area contributed by atoms with Crippen LogP contribution < -0.4 is 15.5 Å². The molecule has 0 unspecified atom stereocenters. The van der Waals surface area contributed by atoms with Crippen LogP contribution in [0.3, 0.4) is 0 Å². The number of nitriles is 1. The second-order valence-electron chi connectivity index (χ2n) is 7.34. The molecule has 3 rings (SSSR count). The lowest BCUT2D eigenvalue weighted by Crippen LogP contribution is -2.20. The molecule has 3 aromatic rings. The number of methoxy groups -OCH3 is 1. The number of anilines is 2. The van der Waals surface area contributed by atoms with Crippen LogP contribution in [0.25, 0.3) is 0 Å². The van der Waals surface area contributed by atoms with Crippen molar-refractivity contribution in [3.05, 3.63) is 82.5 Å². The number of nitrogens with one attached hydrogen (secondary N) is 2. The number of hydrogen-bond acceptors (Lipinski definition) is 7. The number of ether oxygens (including phenoxy) is 2. The number of hydrazone groups is 1. The monoisotopic (exact) mass is 443 g/mol. The zero-order valence-corrected chi connectivity index (χ0v) is 18.8. The molecule has 8 nitrogen and oxygen atoms in total. The first kappa shape index (κ1) is 23.4. The van der Waals surface area contributed by atoms with Gasteiger partial charge >= 0.3 is 0 Å². The highest BCUT2D eigenvalue weighted by Crippen LogP contribution is 2.19. The number of rotatable bonds is 9. The van der Waals surface area contributed by atoms with E-state index in [1.807, 2.05) is 56.3 Å². The Bertz CT molecular complexity index is 1180. The Morgan fingerprint density at radius 2 is 1.97 bits per heavy atom. The molecule has 0 saturated carbocycles. The van der Waals surface area contributed by atoms with E-state index < -0.39 is 0 Å². The number of nitrogens with zero attached hydrogens (tertiary/aromatic N) is 3. The van der Waals surface area contributed by atoms with Gasteiger partial charge in [-0.1, -0.05) is 12.1 Å². The Balaban J connectivity index is 1.55. The fourth-order valence-corrected chi connectivity index (χ4v) is 3.10. The number of carbonyl (C=O) groups is 1. The largest absolute Gasteiger partial charge is 0.484 e. The summed E-state index contributed by atoms with van der Waals surface area (Å²) in [5, 5.41) is 16.5. The lowest BCUT2D eigenvalue weighted by atomic mass is 10.1. The topological polar surface area (TPSA) is 109 Å². The molecule has 2 N–H and O–H groups in total. The fraction of sp³-hybridized carbons (Fsp3) is 0.200. The minimum Gasteiger partial charge on any atom is -0.484 e. The predicted molar refractivity (Wildman–Crippen MR) is 127 cm³/mol. The van der Waals surface area contributed by atoms with E-state index in [-0.39, 0.29) is 12.5 Å². The Morgan fingerprint density at radius 1 is 1.18 bits per heavy atom. The van der Waals surface area contributed by atoms with Gasteiger partial charge in [-0.25, -0.2) is 4.98 Å². The average Bonchev–Trinajstić information content (AvgIpc) is 2.79. The standard InChI is InChI=1S/C25H25N5O3/c1-17-5-4-6-21(11-17)29-24(31)16-33-22-9-7-19(8-10-22)14-27-30-25-23(13-26)20(15-32-3)12-18(2)28-25/h4-12,14H,15-16H2,1-3H3,(H,28,30)(H,29,31). The lowest BCUT2D eigenvalue weighted by Gasteiger charge is -2.09. The SMILES string of the molecule is COCc1cc(C)nc(NN=Cc2ccc(OCC(=O)Nc3cccc(C)c3)cc2)c1C#N. The first-order valence-corrected chi connectivity index (χ1v) is 10.3. The zero-order valence-electron chi connectivity index (χ0n) is 18.8. The van der Waals surface area contributed by atoms with E-state index in [2.05, 4.69) is 26.9 Å². The van der Waals surface area contributed by atoms with Gasteiger partial charge in [0, 0.05) is 24.1 Å². The maximum Gasteiger partial charge on any atom is 0.262 e. The van der Waals surface area contributed by atoms with Gasteiger partial charge in [-0.15, -0.1) is 0 Å². The van der Waals surface area contributed by atoms with Crippen LogP contribution in [-0.4, -0.2) is 30.8 Å². The van der Waals surface area contributed by atoms with E-state index in [0.717, 1.165) is 28.1 Å². The average molecular weight is 444 g/mol. The molecule has 33 heavy (non-hydrogen) atoms. The van der Waals surface area contributed by atoms with Crippen LogP contribution in [-0.2, 0) is 16.1 Å². The smallest absolute Gasteiger partial charge is 0.262 e. The number of carbonyl (C=O) groups excluding carboxylic acids is 1. The van der Waals surface area contributed by atoms with Crippen LogP contribution in [0.1, 0.15) is 27.9 Å². The normalized spacial score (nSPS) is 10.6. The van der Waals surface area contributed by atoms with Crippen LogP contribution in [0.4, 0.5) is 11.5 Å². The maximum atomic E-state index is 12.1. The molecular weight excluding hydrogens is 418 g/mol. The summed E-state index contributed by atoms with van der Waals surface area (Å²) in [5.74, 6) is 0.707. The van der Waals surface area contributed by atoms with Crippen molar-refractivity contribution in [3.63, 3.8) is 0 Å². The summed E-state index contributed by atoms with van der Waals surface area (Å²) in [6.07, 6.45) is 1.61. The highest BCUT2D eigenvalue weighted by atomic mass is 16.5. The Labute approximate surface area is 192 Å². The van der Waals surface area contributed by atoms with Crippen molar-refractivity contribution in [1.29, 1.82) is 5.26 Å². The minimum atomic E-state index is -0.234. The molecule has 0 radical (unpaired) electrons. The Hall–Kier alpha value is -4.22. The summed E-state index contributed by atoms with van der Waals surface area (Å²) in [7, 11) is 1.58. The van der Waals surface area contributed by atoms with Crippen molar-refractivity contribution in [2.75, 3.05) is 24.5 Å². The molecule has 0 fully saturated rings. The third-order valence-electron chi connectivity index (χ3n) is 4.58. The quantitative estimate of drug-likeness (QED) is 0.379. The van der Waals surface area contributed by atoms with Crippen molar-refractivity contribution in [2.45, 2.75) is 20.5 Å². The molecule has 1 amide bonds. The molecule has 2 aromatic carbocycles. The first-order valence-electron chi connectivity index (χ1n) is 10.3. The number of pyridine rings is 1. The van der Waals surface area contributed by atoms with Gasteiger partial charge in [0.2, 0.25) is 0 Å². The third kappa shape index (κ3) is 6.89. The summed E-state index contributed by atoms with van der Waals surface area (Å²) < 4.78 is 10.7. The molecular formula is C25H25N5O3. The number of amides is 1. The van der Waals surface area contributed by atoms with Gasteiger partial charge in [0.05, 0.1) is 12.8 Å². The van der Waals surface area contributed by atoms with E-state index in [0.29, 0.717) is 23.7 Å². The summed E-state index contributed by atoms with van der Waals surface area (Å²) in [4.78, 5) is 16.4. The minimum absolute atomic E-state index is 0.0945. The maximum absolute atomic E-state index is 12.1. The van der Waals surface area contributed by atoms with Gasteiger partial charge in [0.25, 0.3) is 5.91 Å². The number of aryl methyl sites for hydroxylation is 2. The van der Waals surface area contributed by atoms with Gasteiger partial charge in [0.15, 0.2) is 12.4 Å². The van der Waals surface area contributed by atoms with Crippen LogP contribution in [0.2, 0.25) is 0 Å². The van der Waals surface area contributed by atoms with Gasteiger partial charge in [-0.3, -0.25) is 10.2 Å². The number of benzene rings is 2. The molecule has 0 atom stereocenters. The number of aromatic nitrogens is 1. The summed E-state index contributed by atoms with van der Waals surface area (Å²) in [5.41, 5.74) is 7.34. The van der Waals surface area contributed by atoms with Crippen molar-refractivity contribution in [3.8, 4) is 11.8 Å². The summed E-state index contributed by atoms with van der Waals surface area (Å²) in [6, 6.07) is 18.7. The highest BCUT2D eigenvalue weighted by molar-refractivity contribution is 5.92. The van der Waals surface area contributed by atoms with E-state index in [1.54, 1.807) is 25.5 Å². The second-order valence-corrected chi connectivity index (χ2v) is 7.34. The fourth-order valence-electron chi connectivity index (χ4n) is 3.10. The van der Waals surface area contributed by atoms with Gasteiger partial charge in [-0.05, 0) is 67.4 Å². The molecule has 0 saturated heterocycles. The van der Waals surface area contributed by atoms with E-state index in [4.69, 9.17) is 9.47 Å². The Kier molecular flexibility index (Phi) is 8.11. The van der Waals surface area contributed by atoms with E-state index in [9.17, 15) is 10.1 Å². The van der Waals surface area contributed by atoms with Gasteiger partial charge < -0.3 is 14.8 Å². The lowest BCUT2D eigenvalue weighted by molar-refractivity contribution is -0.118. The van der Waals surface area contributed by atoms with Crippen molar-refractivity contribution in [1.82, 2.24) is 4.98 Å². The molecule has 1 aromatic heterocycles. The third-order valence-corrected chi connectivity index (χ3v) is 4.58.